The van der Waals surface area contributed by atoms with Gasteiger partial charge in [-0.05, 0) is 0 Å². The predicted molar refractivity (Wildman–Crippen MR) is 124 cm³/mol. The van der Waals surface area contributed by atoms with Crippen LogP contribution in [0.3, 0.4) is 0 Å². The van der Waals surface area contributed by atoms with Gasteiger partial charge in [0.05, 0.1) is 0 Å². The molecule has 1 atom stereocenters. The van der Waals surface area contributed by atoms with Crippen LogP contribution >= 0.6 is 0 Å². The van der Waals surface area contributed by atoms with Crippen LogP contribution in [0.2, 0.25) is 0 Å². The van der Waals surface area contributed by atoms with Crippen LogP contribution in [0.5, 0.6) is 0 Å². The Hall–Kier alpha value is -0.790. The van der Waals surface area contributed by atoms with E-state index in [0.717, 1.165) is 0 Å². The number of allylic oxidation sites excluding steroid dienone is 4. The number of benzene rings is 2. The maximum atomic E-state index is 3.36. The molecule has 4 heteroatoms. The molecule has 0 heterocycles. The molecule has 3 aromatic rings. The van der Waals surface area contributed by atoms with Crippen LogP contribution in [0.4, 0.5) is 0 Å². The fraction of sp³-hybridized carbons (Fsp3) is 0.192. The molecule has 0 saturated carbocycles. The van der Waals surface area contributed by atoms with E-state index in [1.54, 1.807) is 0 Å². The van der Waals surface area contributed by atoms with Gasteiger partial charge in [0, 0.05) is 0 Å². The van der Waals surface area contributed by atoms with Gasteiger partial charge in [0.1, 0.15) is 0 Å². The van der Waals surface area contributed by atoms with Crippen molar-refractivity contribution in [2.24, 2.45) is 5.92 Å². The maximum Gasteiger partial charge on any atom is -0.0623 e. The first-order valence-electron chi connectivity index (χ1n) is 8.80. The molecule has 4 rings (SSSR count). The van der Waals surface area contributed by atoms with Crippen LogP contribution in [0.25, 0.3) is 21.9 Å². The third kappa shape index (κ3) is 8.39. The van der Waals surface area contributed by atoms with Gasteiger partial charge in [-0.25, -0.2) is 5.57 Å². The van der Waals surface area contributed by atoms with E-state index in [9.17, 15) is 0 Å². The number of hydrogen-bond acceptors (Lipinski definition) is 0. The normalized spacial score (nSPS) is 13.6. The summed E-state index contributed by atoms with van der Waals surface area (Å²) in [7, 11) is 0. The van der Waals surface area contributed by atoms with E-state index in [0.29, 0.717) is 5.92 Å². The summed E-state index contributed by atoms with van der Waals surface area (Å²) in [5.41, 5.74) is 6.86. The van der Waals surface area contributed by atoms with E-state index < -0.39 is 0 Å². The average molecular weight is 533 g/mol. The van der Waals surface area contributed by atoms with Crippen molar-refractivity contribution in [3.8, 4) is 11.1 Å². The molecule has 30 heavy (non-hydrogen) atoms. The van der Waals surface area contributed by atoms with Gasteiger partial charge in [0.25, 0.3) is 0 Å². The van der Waals surface area contributed by atoms with Crippen molar-refractivity contribution in [3.05, 3.63) is 104 Å². The van der Waals surface area contributed by atoms with Gasteiger partial charge in [-0.15, -0.1) is 53.6 Å². The van der Waals surface area contributed by atoms with E-state index in [-0.39, 0.29) is 39.7 Å². The van der Waals surface area contributed by atoms with Crippen molar-refractivity contribution in [2.45, 2.75) is 27.7 Å². The van der Waals surface area contributed by atoms with Crippen LogP contribution in [0.1, 0.15) is 27.7 Å². The second kappa shape index (κ2) is 16.8. The first-order chi connectivity index (χ1) is 12.6. The molecule has 1 unspecified atom stereocenters. The Bertz CT molecular complexity index is 926. The van der Waals surface area contributed by atoms with Crippen molar-refractivity contribution in [2.75, 3.05) is 0 Å². The number of rotatable bonds is 1. The molecule has 3 aromatic carbocycles. The minimum atomic E-state index is 0. The van der Waals surface area contributed by atoms with Crippen LogP contribution < -0.4 is 24.8 Å². The zero-order valence-electron chi connectivity index (χ0n) is 18.7. The average Bonchev–Trinajstić information content (AvgIpc) is 3.22. The number of fused-ring (bicyclic) bond motifs is 1. The molecule has 1 aliphatic rings. The van der Waals surface area contributed by atoms with Gasteiger partial charge in [-0.3, -0.25) is 6.08 Å². The van der Waals surface area contributed by atoms with Gasteiger partial charge in [-0.2, -0.15) is 11.1 Å². The zero-order valence-corrected chi connectivity index (χ0v) is 23.7. The van der Waals surface area contributed by atoms with E-state index in [1.165, 1.54) is 62.0 Å². The van der Waals surface area contributed by atoms with Gasteiger partial charge in [0.15, 0.2) is 0 Å². The standard InChI is InChI=1S/C15H11.C9H13.2CH3.2ClH.Si.Zr/c1-2-6-12(7-3-1)15-11-10-13-8-4-5-9-14(13)15;1-6-5-7(2)9(4)8(6)3;;;;;;/h1-11H;6H,1-4H3;2*1H3;2*1H;;/q4*-1;;;;/p-2. The summed E-state index contributed by atoms with van der Waals surface area (Å²) in [6, 6.07) is 23.4. The second-order valence-electron chi connectivity index (χ2n) is 6.50. The Labute approximate surface area is 213 Å². The molecule has 162 valence electrons. The fourth-order valence-electron chi connectivity index (χ4n) is 3.18. The van der Waals surface area contributed by atoms with Gasteiger partial charge < -0.3 is 39.7 Å². The van der Waals surface area contributed by atoms with Crippen molar-refractivity contribution < 1.29 is 48.1 Å². The molecular formula is C26H30Cl2SiZr-6. The summed E-state index contributed by atoms with van der Waals surface area (Å²) in [6.07, 6.45) is 3.36. The third-order valence-electron chi connectivity index (χ3n) is 5.00. The monoisotopic (exact) mass is 530 g/mol. The Kier molecular flexibility index (Phi) is 19.0. The van der Waals surface area contributed by atoms with Gasteiger partial charge in [-0.1, -0.05) is 68.7 Å². The summed E-state index contributed by atoms with van der Waals surface area (Å²) in [4.78, 5) is 0. The Morgan fingerprint density at radius 3 is 1.87 bits per heavy atom. The number of halogens is 2. The third-order valence-corrected chi connectivity index (χ3v) is 5.00. The molecule has 1 aliphatic carbocycles. The summed E-state index contributed by atoms with van der Waals surface area (Å²) in [6.45, 7) is 11.7. The van der Waals surface area contributed by atoms with Crippen LogP contribution in [-0.2, 0) is 23.3 Å². The Morgan fingerprint density at radius 1 is 0.867 bits per heavy atom. The smallest absolute Gasteiger partial charge is 0.0623 e. The van der Waals surface area contributed by atoms with E-state index >= 15 is 0 Å². The van der Waals surface area contributed by atoms with Crippen molar-refractivity contribution in [3.63, 3.8) is 0 Å². The molecule has 0 saturated heterocycles. The maximum absolute atomic E-state index is 3.36. The molecule has 0 fully saturated rings. The summed E-state index contributed by atoms with van der Waals surface area (Å²) < 4.78 is 0. The fourth-order valence-corrected chi connectivity index (χ4v) is 3.18. The Morgan fingerprint density at radius 2 is 1.40 bits per heavy atom. The van der Waals surface area contributed by atoms with E-state index in [1.807, 2.05) is 0 Å². The molecule has 2 radical (unpaired) electrons. The SMILES string of the molecule is CC1=[C-]C(C)C(C)=C1C.[CH3-].[CH3-].[Cl-].[Cl-].[Si]=[Zr].c1ccc(-c2c[cH-]c3ccccc23)cc1. The minimum Gasteiger partial charge on any atom is -0.150 e. The summed E-state index contributed by atoms with van der Waals surface area (Å²) >= 11 is 1.36. The van der Waals surface area contributed by atoms with Crippen molar-refractivity contribution >= 4 is 17.7 Å². The molecule has 0 aromatic heterocycles. The molecule has 0 spiro atoms. The van der Waals surface area contributed by atoms with Crippen LogP contribution in [-0.4, -0.2) is 6.88 Å². The zero-order chi connectivity index (χ0) is 19.1. The molecule has 0 nitrogen and oxygen atoms in total. The largest absolute Gasteiger partial charge is 0.150 e. The molecule has 0 aliphatic heterocycles. The topological polar surface area (TPSA) is 0 Å². The van der Waals surface area contributed by atoms with Gasteiger partial charge in [0.2, 0.25) is 0 Å². The van der Waals surface area contributed by atoms with E-state index in [2.05, 4.69) is 107 Å². The predicted octanol–water partition coefficient (Wildman–Crippen LogP) is 1.47. The second-order valence-corrected chi connectivity index (χ2v) is 6.50. The molecule has 0 bridgehead atoms. The quantitative estimate of drug-likeness (QED) is 0.329. The minimum absolute atomic E-state index is 0. The van der Waals surface area contributed by atoms with Crippen LogP contribution in [0.15, 0.2) is 83.4 Å². The molecule has 0 amide bonds. The van der Waals surface area contributed by atoms with Gasteiger partial charge >= 0.3 is 30.2 Å². The number of hydrogen-bond donors (Lipinski definition) is 0. The molecule has 0 N–H and O–H groups in total. The first kappa shape index (κ1) is 33.8. The first-order valence-corrected chi connectivity index (χ1v) is 13.0. The van der Waals surface area contributed by atoms with Crippen molar-refractivity contribution in [1.82, 2.24) is 0 Å². The summed E-state index contributed by atoms with van der Waals surface area (Å²) in [5, 5.41) is 2.65. The van der Waals surface area contributed by atoms with E-state index in [4.69, 9.17) is 0 Å². The molecular weight excluding hydrogens is 503 g/mol. The van der Waals surface area contributed by atoms with Crippen LogP contribution in [0, 0.1) is 26.8 Å². The summed E-state index contributed by atoms with van der Waals surface area (Å²) in [5.74, 6) is 0.560. The van der Waals surface area contributed by atoms with Crippen molar-refractivity contribution in [1.29, 1.82) is 0 Å². The Balaban J connectivity index is -0.000000431.